The van der Waals surface area contributed by atoms with Gasteiger partial charge in [0.2, 0.25) is 0 Å². The Morgan fingerprint density at radius 3 is 1.89 bits per heavy atom. The first-order chi connectivity index (χ1) is 8.51. The van der Waals surface area contributed by atoms with Gasteiger partial charge in [-0.2, -0.15) is 0 Å². The van der Waals surface area contributed by atoms with Gasteiger partial charge in [0.25, 0.3) is 0 Å². The van der Waals surface area contributed by atoms with Crippen molar-refractivity contribution in [2.45, 2.75) is 46.0 Å². The zero-order valence-electron chi connectivity index (χ0n) is 12.1. The van der Waals surface area contributed by atoms with Crippen LogP contribution in [-0.4, -0.2) is 13.7 Å². The fourth-order valence-corrected chi connectivity index (χ4v) is 2.15. The number of methoxy groups -OCH3 is 1. The smallest absolute Gasteiger partial charge is 0.125 e. The predicted molar refractivity (Wildman–Crippen MR) is 75.0 cm³/mol. The van der Waals surface area contributed by atoms with Gasteiger partial charge < -0.3 is 9.57 Å². The van der Waals surface area contributed by atoms with Crippen LogP contribution >= 0.6 is 0 Å². The van der Waals surface area contributed by atoms with Crippen LogP contribution in [0, 0.1) is 0 Å². The summed E-state index contributed by atoms with van der Waals surface area (Å²) >= 11 is 0. The summed E-state index contributed by atoms with van der Waals surface area (Å²) in [4.78, 5) is 4.67. The van der Waals surface area contributed by atoms with Gasteiger partial charge in [-0.25, -0.2) is 5.90 Å². The number of nitrogens with two attached hydrogens (primary N) is 1. The largest absolute Gasteiger partial charge is 0.496 e. The summed E-state index contributed by atoms with van der Waals surface area (Å²) in [6.07, 6.45) is 0.833. The van der Waals surface area contributed by atoms with Crippen LogP contribution in [0.1, 0.15) is 56.2 Å². The molecule has 0 aliphatic heterocycles. The standard InChI is InChI=1S/C15H25NO2/c1-10(2)13-8-12(6-7-18-16)9-14(11(3)4)15(13)17-5/h8-11H,6-7,16H2,1-5H3. The van der Waals surface area contributed by atoms with E-state index in [1.54, 1.807) is 7.11 Å². The van der Waals surface area contributed by atoms with Crippen LogP contribution in [-0.2, 0) is 11.3 Å². The van der Waals surface area contributed by atoms with Crippen molar-refractivity contribution < 1.29 is 9.57 Å². The molecule has 0 aromatic heterocycles. The average Bonchev–Trinajstić information content (AvgIpc) is 2.34. The first kappa shape index (κ1) is 15.0. The molecular weight excluding hydrogens is 226 g/mol. The van der Waals surface area contributed by atoms with E-state index in [9.17, 15) is 0 Å². The van der Waals surface area contributed by atoms with Crippen molar-refractivity contribution in [2.24, 2.45) is 5.90 Å². The van der Waals surface area contributed by atoms with E-state index in [-0.39, 0.29) is 0 Å². The highest BCUT2D eigenvalue weighted by molar-refractivity contribution is 5.47. The second-order valence-corrected chi connectivity index (χ2v) is 5.24. The summed E-state index contributed by atoms with van der Waals surface area (Å²) in [5, 5.41) is 0. The quantitative estimate of drug-likeness (QED) is 0.788. The van der Waals surface area contributed by atoms with Gasteiger partial charge in [-0.1, -0.05) is 39.8 Å². The average molecular weight is 251 g/mol. The van der Waals surface area contributed by atoms with Crippen LogP contribution in [0.25, 0.3) is 0 Å². The molecule has 0 unspecified atom stereocenters. The third-order valence-corrected chi connectivity index (χ3v) is 3.16. The predicted octanol–water partition coefficient (Wildman–Crippen LogP) is 3.37. The molecule has 0 aliphatic carbocycles. The summed E-state index contributed by atoms with van der Waals surface area (Å²) in [6, 6.07) is 4.41. The molecule has 0 fully saturated rings. The topological polar surface area (TPSA) is 44.5 Å². The Morgan fingerprint density at radius 2 is 1.56 bits per heavy atom. The molecule has 0 atom stereocenters. The Morgan fingerprint density at radius 1 is 1.06 bits per heavy atom. The van der Waals surface area contributed by atoms with Gasteiger partial charge in [0.1, 0.15) is 5.75 Å². The zero-order chi connectivity index (χ0) is 13.7. The van der Waals surface area contributed by atoms with Gasteiger partial charge in [-0.15, -0.1) is 0 Å². The van der Waals surface area contributed by atoms with E-state index in [2.05, 4.69) is 44.7 Å². The van der Waals surface area contributed by atoms with Crippen LogP contribution in [0.4, 0.5) is 0 Å². The van der Waals surface area contributed by atoms with E-state index in [0.29, 0.717) is 18.4 Å². The van der Waals surface area contributed by atoms with E-state index in [1.165, 1.54) is 16.7 Å². The van der Waals surface area contributed by atoms with Gasteiger partial charge in [-0.05, 0) is 34.9 Å². The molecule has 0 amide bonds. The number of rotatable bonds is 6. The van der Waals surface area contributed by atoms with E-state index in [4.69, 9.17) is 10.6 Å². The van der Waals surface area contributed by atoms with Crippen LogP contribution in [0.3, 0.4) is 0 Å². The lowest BCUT2D eigenvalue weighted by molar-refractivity contribution is 0.141. The minimum atomic E-state index is 0.441. The minimum absolute atomic E-state index is 0.441. The van der Waals surface area contributed by atoms with E-state index in [0.717, 1.165) is 12.2 Å². The van der Waals surface area contributed by atoms with Crippen molar-refractivity contribution in [2.75, 3.05) is 13.7 Å². The van der Waals surface area contributed by atoms with Gasteiger partial charge in [0, 0.05) is 0 Å². The maximum absolute atomic E-state index is 5.60. The Balaban J connectivity index is 3.25. The molecule has 2 N–H and O–H groups in total. The SMILES string of the molecule is COc1c(C(C)C)cc(CCON)cc1C(C)C. The lowest BCUT2D eigenvalue weighted by atomic mass is 9.91. The third kappa shape index (κ3) is 3.47. The molecule has 3 heteroatoms. The van der Waals surface area contributed by atoms with Crippen molar-refractivity contribution >= 4 is 0 Å². The van der Waals surface area contributed by atoms with Crippen LogP contribution in [0.2, 0.25) is 0 Å². The molecule has 102 valence electrons. The number of hydrogen-bond acceptors (Lipinski definition) is 3. The van der Waals surface area contributed by atoms with Gasteiger partial charge >= 0.3 is 0 Å². The summed E-state index contributed by atoms with van der Waals surface area (Å²) < 4.78 is 5.60. The Bertz CT molecular complexity index is 357. The summed E-state index contributed by atoms with van der Waals surface area (Å²) in [5.74, 6) is 7.01. The first-order valence-electron chi connectivity index (χ1n) is 6.53. The first-order valence-corrected chi connectivity index (χ1v) is 6.53. The third-order valence-electron chi connectivity index (χ3n) is 3.16. The highest BCUT2D eigenvalue weighted by Crippen LogP contribution is 2.35. The highest BCUT2D eigenvalue weighted by atomic mass is 16.6. The molecule has 0 bridgehead atoms. The second-order valence-electron chi connectivity index (χ2n) is 5.24. The van der Waals surface area contributed by atoms with Gasteiger partial charge in [0.15, 0.2) is 0 Å². The molecule has 0 saturated heterocycles. The second kappa shape index (κ2) is 6.76. The van der Waals surface area contributed by atoms with Crippen molar-refractivity contribution in [3.05, 3.63) is 28.8 Å². The monoisotopic (exact) mass is 251 g/mol. The Hall–Kier alpha value is -1.06. The number of benzene rings is 1. The van der Waals surface area contributed by atoms with E-state index < -0.39 is 0 Å². The molecular formula is C15H25NO2. The molecule has 1 aromatic rings. The maximum Gasteiger partial charge on any atom is 0.125 e. The molecule has 0 aliphatic rings. The van der Waals surface area contributed by atoms with Crippen molar-refractivity contribution in [1.29, 1.82) is 0 Å². The zero-order valence-corrected chi connectivity index (χ0v) is 12.1. The van der Waals surface area contributed by atoms with Gasteiger partial charge in [0.05, 0.1) is 13.7 Å². The molecule has 0 spiro atoms. The summed E-state index contributed by atoms with van der Waals surface area (Å²) in [7, 11) is 1.75. The van der Waals surface area contributed by atoms with Crippen molar-refractivity contribution in [1.82, 2.24) is 0 Å². The van der Waals surface area contributed by atoms with Crippen LogP contribution in [0.15, 0.2) is 12.1 Å². The minimum Gasteiger partial charge on any atom is -0.496 e. The molecule has 1 aromatic carbocycles. The molecule has 0 heterocycles. The summed E-state index contributed by atoms with van der Waals surface area (Å²) in [6.45, 7) is 9.29. The lowest BCUT2D eigenvalue weighted by Gasteiger charge is -2.20. The fourth-order valence-electron chi connectivity index (χ4n) is 2.15. The Labute approximate surface area is 110 Å². The molecule has 0 radical (unpaired) electrons. The van der Waals surface area contributed by atoms with E-state index >= 15 is 0 Å². The molecule has 18 heavy (non-hydrogen) atoms. The maximum atomic E-state index is 5.60. The highest BCUT2D eigenvalue weighted by Gasteiger charge is 2.16. The molecule has 0 saturated carbocycles. The van der Waals surface area contributed by atoms with Crippen LogP contribution in [0.5, 0.6) is 5.75 Å². The molecule has 3 nitrogen and oxygen atoms in total. The fraction of sp³-hybridized carbons (Fsp3) is 0.600. The van der Waals surface area contributed by atoms with Crippen molar-refractivity contribution in [3.63, 3.8) is 0 Å². The lowest BCUT2D eigenvalue weighted by Crippen LogP contribution is -2.07. The van der Waals surface area contributed by atoms with Crippen molar-refractivity contribution in [3.8, 4) is 5.75 Å². The van der Waals surface area contributed by atoms with E-state index in [1.807, 2.05) is 0 Å². The molecule has 1 rings (SSSR count). The number of ether oxygens (including phenoxy) is 1. The van der Waals surface area contributed by atoms with Crippen LogP contribution < -0.4 is 10.6 Å². The van der Waals surface area contributed by atoms with Gasteiger partial charge in [-0.3, -0.25) is 0 Å². The number of hydrogen-bond donors (Lipinski definition) is 1. The Kier molecular flexibility index (Phi) is 5.63. The normalized spacial score (nSPS) is 11.3. The summed E-state index contributed by atoms with van der Waals surface area (Å²) in [5.41, 5.74) is 3.78.